The summed E-state index contributed by atoms with van der Waals surface area (Å²) < 4.78 is 0. The number of non-ortho nitro benzene ring substituents is 1. The van der Waals surface area contributed by atoms with Crippen LogP contribution in [0.3, 0.4) is 0 Å². The fourth-order valence-electron chi connectivity index (χ4n) is 1.28. The molecule has 0 aliphatic carbocycles. The molecule has 4 heteroatoms. The molecule has 0 aromatic heterocycles. The molecule has 94 valence electrons. The van der Waals surface area contributed by atoms with Crippen LogP contribution in [0.5, 0.6) is 0 Å². The van der Waals surface area contributed by atoms with Crippen LogP contribution in [0.1, 0.15) is 27.7 Å². The maximum Gasteiger partial charge on any atom is 0.269 e. The van der Waals surface area contributed by atoms with Crippen molar-refractivity contribution in [2.24, 2.45) is 11.3 Å². The number of hydrogen-bond donors (Lipinski definition) is 1. The molecule has 0 bridgehead atoms. The van der Waals surface area contributed by atoms with E-state index in [1.807, 2.05) is 0 Å². The molecule has 1 atom stereocenters. The summed E-state index contributed by atoms with van der Waals surface area (Å²) >= 11 is 0. The second kappa shape index (κ2) is 5.17. The summed E-state index contributed by atoms with van der Waals surface area (Å²) in [4.78, 5) is 10.1. The predicted molar refractivity (Wildman–Crippen MR) is 70.2 cm³/mol. The van der Waals surface area contributed by atoms with Gasteiger partial charge >= 0.3 is 0 Å². The average Bonchev–Trinajstić information content (AvgIpc) is 2.25. The van der Waals surface area contributed by atoms with Crippen molar-refractivity contribution in [1.82, 2.24) is 0 Å². The Labute approximate surface area is 102 Å². The van der Waals surface area contributed by atoms with Crippen molar-refractivity contribution in [2.45, 2.75) is 27.7 Å². The SMILES string of the molecule is CC(CNc1ccc([N+](=O)[O-])cc1)C(C)(C)C. The Morgan fingerprint density at radius 3 is 2.24 bits per heavy atom. The summed E-state index contributed by atoms with van der Waals surface area (Å²) in [6.07, 6.45) is 0. The maximum absolute atomic E-state index is 10.5. The standard InChI is InChI=1S/C13H20N2O2/c1-10(13(2,3)4)9-14-11-5-7-12(8-6-11)15(16)17/h5-8,10,14H,9H2,1-4H3. The van der Waals surface area contributed by atoms with Gasteiger partial charge in [0.25, 0.3) is 5.69 Å². The molecule has 0 heterocycles. The van der Waals surface area contributed by atoms with Crippen LogP contribution in [-0.2, 0) is 0 Å². The van der Waals surface area contributed by atoms with E-state index in [4.69, 9.17) is 0 Å². The normalized spacial score (nSPS) is 13.2. The molecule has 4 nitrogen and oxygen atoms in total. The largest absolute Gasteiger partial charge is 0.385 e. The van der Waals surface area contributed by atoms with E-state index in [0.29, 0.717) is 5.92 Å². The van der Waals surface area contributed by atoms with Crippen molar-refractivity contribution in [3.8, 4) is 0 Å². The quantitative estimate of drug-likeness (QED) is 0.640. The van der Waals surface area contributed by atoms with Gasteiger partial charge in [0.2, 0.25) is 0 Å². The third kappa shape index (κ3) is 4.06. The lowest BCUT2D eigenvalue weighted by Crippen LogP contribution is -2.24. The monoisotopic (exact) mass is 236 g/mol. The average molecular weight is 236 g/mol. The summed E-state index contributed by atoms with van der Waals surface area (Å²) in [6, 6.07) is 6.52. The van der Waals surface area contributed by atoms with Gasteiger partial charge < -0.3 is 5.32 Å². The molecular formula is C13H20N2O2. The van der Waals surface area contributed by atoms with E-state index in [1.54, 1.807) is 12.1 Å². The van der Waals surface area contributed by atoms with Crippen LogP contribution >= 0.6 is 0 Å². The van der Waals surface area contributed by atoms with E-state index >= 15 is 0 Å². The lowest BCUT2D eigenvalue weighted by Gasteiger charge is -2.27. The third-order valence-electron chi connectivity index (χ3n) is 3.17. The fourth-order valence-corrected chi connectivity index (χ4v) is 1.28. The highest BCUT2D eigenvalue weighted by atomic mass is 16.6. The molecule has 0 spiro atoms. The predicted octanol–water partition coefficient (Wildman–Crippen LogP) is 3.69. The van der Waals surface area contributed by atoms with Gasteiger partial charge in [-0.15, -0.1) is 0 Å². The van der Waals surface area contributed by atoms with Crippen LogP contribution in [0, 0.1) is 21.4 Å². The van der Waals surface area contributed by atoms with Crippen LogP contribution < -0.4 is 5.32 Å². The van der Waals surface area contributed by atoms with Crippen LogP contribution in [0.25, 0.3) is 0 Å². The van der Waals surface area contributed by atoms with E-state index in [0.717, 1.165) is 12.2 Å². The first-order valence-electron chi connectivity index (χ1n) is 5.79. The smallest absolute Gasteiger partial charge is 0.269 e. The van der Waals surface area contributed by atoms with Gasteiger partial charge in [-0.25, -0.2) is 0 Å². The second-order valence-corrected chi connectivity index (χ2v) is 5.45. The summed E-state index contributed by atoms with van der Waals surface area (Å²) in [5.74, 6) is 0.526. The van der Waals surface area contributed by atoms with Crippen molar-refractivity contribution in [3.05, 3.63) is 34.4 Å². The zero-order chi connectivity index (χ0) is 13.1. The number of nitro benzene ring substituents is 1. The first-order chi connectivity index (χ1) is 7.80. The Bertz CT molecular complexity index is 379. The molecule has 1 rings (SSSR count). The molecule has 0 radical (unpaired) electrons. The number of nitrogens with one attached hydrogen (secondary N) is 1. The summed E-state index contributed by atoms with van der Waals surface area (Å²) in [5, 5.41) is 13.8. The Morgan fingerprint density at radius 2 is 1.82 bits per heavy atom. The minimum Gasteiger partial charge on any atom is -0.385 e. The number of rotatable bonds is 4. The second-order valence-electron chi connectivity index (χ2n) is 5.45. The van der Waals surface area contributed by atoms with Crippen LogP contribution in [0.15, 0.2) is 24.3 Å². The highest BCUT2D eigenvalue weighted by Crippen LogP contribution is 2.25. The Hall–Kier alpha value is -1.58. The van der Waals surface area contributed by atoms with Gasteiger partial charge in [0.1, 0.15) is 0 Å². The summed E-state index contributed by atoms with van der Waals surface area (Å²) in [7, 11) is 0. The van der Waals surface area contributed by atoms with Crippen LogP contribution in [-0.4, -0.2) is 11.5 Å². The van der Waals surface area contributed by atoms with E-state index in [2.05, 4.69) is 33.0 Å². The van der Waals surface area contributed by atoms with Gasteiger partial charge in [0, 0.05) is 24.4 Å². The van der Waals surface area contributed by atoms with E-state index in [9.17, 15) is 10.1 Å². The topological polar surface area (TPSA) is 55.2 Å². The van der Waals surface area contributed by atoms with Gasteiger partial charge in [0.15, 0.2) is 0 Å². The Kier molecular flexibility index (Phi) is 4.10. The molecular weight excluding hydrogens is 216 g/mol. The Balaban J connectivity index is 2.56. The fraction of sp³-hybridized carbons (Fsp3) is 0.538. The number of benzene rings is 1. The highest BCUT2D eigenvalue weighted by Gasteiger charge is 2.19. The first-order valence-corrected chi connectivity index (χ1v) is 5.79. The number of anilines is 1. The van der Waals surface area contributed by atoms with Gasteiger partial charge in [0.05, 0.1) is 4.92 Å². The van der Waals surface area contributed by atoms with Crippen LogP contribution in [0.4, 0.5) is 11.4 Å². The molecule has 0 saturated heterocycles. The molecule has 17 heavy (non-hydrogen) atoms. The molecule has 0 aliphatic rings. The number of nitrogens with zero attached hydrogens (tertiary/aromatic N) is 1. The van der Waals surface area contributed by atoms with Crippen molar-refractivity contribution in [3.63, 3.8) is 0 Å². The van der Waals surface area contributed by atoms with E-state index in [1.165, 1.54) is 12.1 Å². The van der Waals surface area contributed by atoms with Crippen molar-refractivity contribution < 1.29 is 4.92 Å². The molecule has 0 amide bonds. The minimum absolute atomic E-state index is 0.124. The molecule has 0 aliphatic heterocycles. The van der Waals surface area contributed by atoms with E-state index < -0.39 is 0 Å². The van der Waals surface area contributed by atoms with Gasteiger partial charge in [-0.3, -0.25) is 10.1 Å². The minimum atomic E-state index is -0.387. The van der Waals surface area contributed by atoms with Gasteiger partial charge in [-0.05, 0) is 23.5 Å². The zero-order valence-electron chi connectivity index (χ0n) is 10.9. The van der Waals surface area contributed by atoms with Crippen molar-refractivity contribution in [2.75, 3.05) is 11.9 Å². The number of nitro groups is 1. The van der Waals surface area contributed by atoms with Crippen molar-refractivity contribution >= 4 is 11.4 Å². The maximum atomic E-state index is 10.5. The zero-order valence-corrected chi connectivity index (χ0v) is 10.9. The van der Waals surface area contributed by atoms with Gasteiger partial charge in [-0.1, -0.05) is 27.7 Å². The van der Waals surface area contributed by atoms with Crippen LogP contribution in [0.2, 0.25) is 0 Å². The lowest BCUT2D eigenvalue weighted by molar-refractivity contribution is -0.384. The molecule has 0 saturated carbocycles. The van der Waals surface area contributed by atoms with Gasteiger partial charge in [-0.2, -0.15) is 0 Å². The molecule has 1 aromatic carbocycles. The highest BCUT2D eigenvalue weighted by molar-refractivity contribution is 5.48. The first kappa shape index (κ1) is 13.5. The molecule has 1 N–H and O–H groups in total. The molecule has 1 aromatic rings. The third-order valence-corrected chi connectivity index (χ3v) is 3.17. The number of hydrogen-bond acceptors (Lipinski definition) is 3. The Morgan fingerprint density at radius 1 is 1.29 bits per heavy atom. The van der Waals surface area contributed by atoms with E-state index in [-0.39, 0.29) is 16.0 Å². The molecule has 1 unspecified atom stereocenters. The summed E-state index contributed by atoms with van der Waals surface area (Å²) in [5.41, 5.74) is 1.31. The lowest BCUT2D eigenvalue weighted by atomic mass is 9.82. The van der Waals surface area contributed by atoms with Crippen molar-refractivity contribution in [1.29, 1.82) is 0 Å². The summed E-state index contributed by atoms with van der Waals surface area (Å²) in [6.45, 7) is 9.67. The molecule has 0 fully saturated rings.